The van der Waals surface area contributed by atoms with Crippen LogP contribution in [0.25, 0.3) is 11.3 Å². The summed E-state index contributed by atoms with van der Waals surface area (Å²) >= 11 is 0. The van der Waals surface area contributed by atoms with E-state index >= 15 is 0 Å². The summed E-state index contributed by atoms with van der Waals surface area (Å²) in [6.45, 7) is -4.57. The van der Waals surface area contributed by atoms with Gasteiger partial charge in [0.25, 0.3) is 0 Å². The number of nitrogens with zero attached hydrogens (tertiary/aromatic N) is 3. The van der Waals surface area contributed by atoms with Crippen LogP contribution in [0.3, 0.4) is 0 Å². The molecule has 0 aliphatic carbocycles. The molecular weight excluding hydrogens is 329 g/mol. The van der Waals surface area contributed by atoms with Crippen LogP contribution in [0, 0.1) is 0 Å². The van der Waals surface area contributed by atoms with E-state index in [2.05, 4.69) is 10.3 Å². The maximum absolute atomic E-state index is 12.6. The Balaban J connectivity index is 0.00000192. The SMILES string of the molecule is F[B-](F)(F)c1ccc(Cn2cc(-c3ccccc3)nn2)cc1.[K+]. The summed E-state index contributed by atoms with van der Waals surface area (Å²) in [6, 6.07) is 14.7. The number of aromatic nitrogens is 3. The first-order valence-electron chi connectivity index (χ1n) is 6.77. The van der Waals surface area contributed by atoms with Crippen molar-refractivity contribution in [3.8, 4) is 11.3 Å². The van der Waals surface area contributed by atoms with Gasteiger partial charge < -0.3 is 12.9 Å². The minimum atomic E-state index is -4.95. The van der Waals surface area contributed by atoms with E-state index in [1.165, 1.54) is 12.1 Å². The Hall–Kier alpha value is -0.929. The second-order valence-electron chi connectivity index (χ2n) is 4.98. The van der Waals surface area contributed by atoms with E-state index < -0.39 is 12.4 Å². The molecule has 3 aromatic rings. The zero-order chi connectivity index (χ0) is 15.6. The minimum absolute atomic E-state index is 0. The largest absolute Gasteiger partial charge is 1.00 e. The van der Waals surface area contributed by atoms with Crippen LogP contribution in [-0.4, -0.2) is 22.0 Å². The van der Waals surface area contributed by atoms with E-state index in [9.17, 15) is 12.9 Å². The van der Waals surface area contributed by atoms with Crippen molar-refractivity contribution >= 4 is 12.4 Å². The zero-order valence-electron chi connectivity index (χ0n) is 12.5. The van der Waals surface area contributed by atoms with Gasteiger partial charge in [-0.1, -0.05) is 59.8 Å². The summed E-state index contributed by atoms with van der Waals surface area (Å²) in [4.78, 5) is 0. The molecule has 1 heterocycles. The average Bonchev–Trinajstić information content (AvgIpc) is 2.96. The molecule has 3 rings (SSSR count). The Kier molecular flexibility index (Phi) is 6.21. The monoisotopic (exact) mass is 341 g/mol. The van der Waals surface area contributed by atoms with Crippen molar-refractivity contribution in [3.05, 3.63) is 66.4 Å². The molecule has 0 bridgehead atoms. The third-order valence-corrected chi connectivity index (χ3v) is 3.31. The smallest absolute Gasteiger partial charge is 0.445 e. The summed E-state index contributed by atoms with van der Waals surface area (Å²) < 4.78 is 39.3. The van der Waals surface area contributed by atoms with Crippen LogP contribution in [0.1, 0.15) is 5.56 Å². The Bertz CT molecular complexity index is 758. The molecule has 0 N–H and O–H groups in total. The van der Waals surface area contributed by atoms with Crippen molar-refractivity contribution in [1.82, 2.24) is 15.0 Å². The second kappa shape index (κ2) is 7.76. The molecular formula is C15H12BF3KN3. The van der Waals surface area contributed by atoms with Crippen LogP contribution < -0.4 is 56.8 Å². The van der Waals surface area contributed by atoms with E-state index in [-0.39, 0.29) is 51.4 Å². The average molecular weight is 341 g/mol. The van der Waals surface area contributed by atoms with Crippen molar-refractivity contribution in [2.24, 2.45) is 0 Å². The number of halogens is 3. The number of hydrogen-bond acceptors (Lipinski definition) is 2. The first-order valence-corrected chi connectivity index (χ1v) is 6.77. The van der Waals surface area contributed by atoms with Crippen LogP contribution in [0.4, 0.5) is 12.9 Å². The molecule has 0 radical (unpaired) electrons. The molecule has 3 nitrogen and oxygen atoms in total. The Morgan fingerprint density at radius 2 is 1.57 bits per heavy atom. The second-order valence-corrected chi connectivity index (χ2v) is 4.98. The summed E-state index contributed by atoms with van der Waals surface area (Å²) in [6.07, 6.45) is 1.77. The molecule has 0 saturated carbocycles. The van der Waals surface area contributed by atoms with E-state index in [1.54, 1.807) is 10.9 Å². The first-order chi connectivity index (χ1) is 10.5. The molecule has 112 valence electrons. The third kappa shape index (κ3) is 4.77. The normalized spacial score (nSPS) is 11.1. The van der Waals surface area contributed by atoms with Crippen molar-refractivity contribution in [2.75, 3.05) is 0 Å². The fourth-order valence-corrected chi connectivity index (χ4v) is 2.15. The molecule has 1 aromatic heterocycles. The molecule has 0 aliphatic heterocycles. The molecule has 23 heavy (non-hydrogen) atoms. The van der Waals surface area contributed by atoms with Gasteiger partial charge in [0, 0.05) is 5.56 Å². The number of hydrogen-bond donors (Lipinski definition) is 0. The standard InChI is InChI=1S/C15H12BF3N3.K/c17-16(18,19)14-8-6-12(7-9-14)10-22-11-15(20-21-22)13-4-2-1-3-5-13;/h1-9,11H,10H2;/q-1;+1. The van der Waals surface area contributed by atoms with Gasteiger partial charge >= 0.3 is 58.4 Å². The Labute approximate surface area is 174 Å². The summed E-state index contributed by atoms with van der Waals surface area (Å²) in [7, 11) is 0. The van der Waals surface area contributed by atoms with Crippen LogP contribution in [0.15, 0.2) is 60.8 Å². The molecule has 0 spiro atoms. The van der Waals surface area contributed by atoms with Crippen LogP contribution in [0.2, 0.25) is 0 Å². The molecule has 0 saturated heterocycles. The van der Waals surface area contributed by atoms with Gasteiger partial charge in [0.1, 0.15) is 5.69 Å². The summed E-state index contributed by atoms with van der Waals surface area (Å²) in [5.74, 6) is 0. The predicted octanol–water partition coefficient (Wildman–Crippen LogP) is 0.0518. The molecule has 0 aliphatic rings. The van der Waals surface area contributed by atoms with Gasteiger partial charge in [0.15, 0.2) is 0 Å². The molecule has 0 atom stereocenters. The van der Waals surface area contributed by atoms with Gasteiger partial charge in [-0.15, -0.1) is 10.6 Å². The maximum atomic E-state index is 12.6. The van der Waals surface area contributed by atoms with E-state index in [4.69, 9.17) is 0 Å². The summed E-state index contributed by atoms with van der Waals surface area (Å²) in [5, 5.41) is 8.08. The van der Waals surface area contributed by atoms with Crippen molar-refractivity contribution < 1.29 is 64.3 Å². The van der Waals surface area contributed by atoms with Gasteiger partial charge in [-0.25, -0.2) is 4.68 Å². The number of benzene rings is 2. The topological polar surface area (TPSA) is 30.7 Å². The minimum Gasteiger partial charge on any atom is -0.445 e. The molecule has 8 heteroatoms. The fraction of sp³-hybridized carbons (Fsp3) is 0.0667. The van der Waals surface area contributed by atoms with E-state index in [0.717, 1.165) is 29.0 Å². The van der Waals surface area contributed by atoms with Crippen LogP contribution >= 0.6 is 0 Å². The molecule has 2 aromatic carbocycles. The maximum Gasteiger partial charge on any atom is 1.00 e. The van der Waals surface area contributed by atoms with Gasteiger partial charge in [-0.2, -0.15) is 0 Å². The van der Waals surface area contributed by atoms with Gasteiger partial charge in [0.2, 0.25) is 0 Å². The quantitative estimate of drug-likeness (QED) is 0.628. The van der Waals surface area contributed by atoms with Crippen molar-refractivity contribution in [1.29, 1.82) is 0 Å². The van der Waals surface area contributed by atoms with E-state index in [0.29, 0.717) is 6.54 Å². The van der Waals surface area contributed by atoms with Gasteiger partial charge in [-0.05, 0) is 5.56 Å². The fourth-order valence-electron chi connectivity index (χ4n) is 2.15. The van der Waals surface area contributed by atoms with Crippen molar-refractivity contribution in [2.45, 2.75) is 6.54 Å². The molecule has 0 fully saturated rings. The third-order valence-electron chi connectivity index (χ3n) is 3.31. The first kappa shape index (κ1) is 18.4. The summed E-state index contributed by atoms with van der Waals surface area (Å²) in [5.41, 5.74) is 1.83. The number of rotatable bonds is 4. The molecule has 0 amide bonds. The predicted molar refractivity (Wildman–Crippen MR) is 79.7 cm³/mol. The van der Waals surface area contributed by atoms with Gasteiger partial charge in [0.05, 0.1) is 12.7 Å². The Morgan fingerprint density at radius 1 is 0.913 bits per heavy atom. The molecule has 0 unspecified atom stereocenters. The zero-order valence-corrected chi connectivity index (χ0v) is 15.7. The van der Waals surface area contributed by atoms with Gasteiger partial charge in [-0.3, -0.25) is 0 Å². The van der Waals surface area contributed by atoms with Crippen LogP contribution in [0.5, 0.6) is 0 Å². The van der Waals surface area contributed by atoms with Crippen LogP contribution in [-0.2, 0) is 6.54 Å². The van der Waals surface area contributed by atoms with Crippen molar-refractivity contribution in [3.63, 3.8) is 0 Å². The Morgan fingerprint density at radius 3 is 2.17 bits per heavy atom. The van der Waals surface area contributed by atoms with E-state index in [1.807, 2.05) is 30.3 Å².